The first kappa shape index (κ1) is 23.4. The summed E-state index contributed by atoms with van der Waals surface area (Å²) in [6.45, 7) is 6.32. The minimum atomic E-state index is -2.40. The van der Waals surface area contributed by atoms with E-state index >= 15 is 0 Å². The highest BCUT2D eigenvalue weighted by Gasteiger charge is 2.48. The van der Waals surface area contributed by atoms with Gasteiger partial charge < -0.3 is 10.1 Å². The SMILES string of the molecule is Cc1cc(C)c2[nH]ccc2c1CC1CCN(C2CC(F)(F)C2)CC1.O=C(O)c1ccccc1. The summed E-state index contributed by atoms with van der Waals surface area (Å²) in [5.74, 6) is -2.61. The van der Waals surface area contributed by atoms with E-state index in [1.807, 2.05) is 6.20 Å². The van der Waals surface area contributed by atoms with Crippen LogP contribution in [-0.2, 0) is 6.42 Å². The molecule has 1 saturated heterocycles. The summed E-state index contributed by atoms with van der Waals surface area (Å²) in [6, 6.07) is 12.9. The van der Waals surface area contributed by atoms with E-state index in [2.05, 4.69) is 35.9 Å². The largest absolute Gasteiger partial charge is 0.478 e. The lowest BCUT2D eigenvalue weighted by Gasteiger charge is -2.45. The molecule has 0 atom stereocenters. The van der Waals surface area contributed by atoms with Gasteiger partial charge in [-0.3, -0.25) is 4.90 Å². The zero-order valence-electron chi connectivity index (χ0n) is 19.3. The van der Waals surface area contributed by atoms with Gasteiger partial charge >= 0.3 is 5.97 Å². The standard InChI is InChI=1S/C20H26F2N2.C7H6O2/c1-13-9-14(2)19-17(3-6-23-19)18(13)10-15-4-7-24(8-5-15)16-11-20(21,22)12-16;8-7(9)6-4-2-1-3-5-6/h3,6,9,15-16,23H,4-5,7-8,10-12H2,1-2H3;1-5H,(H,8,9). The summed E-state index contributed by atoms with van der Waals surface area (Å²) < 4.78 is 26.1. The fourth-order valence-electron chi connectivity index (χ4n) is 5.19. The molecule has 4 nitrogen and oxygen atoms in total. The van der Waals surface area contributed by atoms with Crippen LogP contribution in [0.15, 0.2) is 48.7 Å². The van der Waals surface area contributed by atoms with Crippen molar-refractivity contribution >= 4 is 16.9 Å². The first-order valence-electron chi connectivity index (χ1n) is 11.7. The van der Waals surface area contributed by atoms with Crippen molar-refractivity contribution in [2.75, 3.05) is 13.1 Å². The van der Waals surface area contributed by atoms with Crippen molar-refractivity contribution in [2.24, 2.45) is 5.92 Å². The van der Waals surface area contributed by atoms with Gasteiger partial charge in [-0.05, 0) is 87.0 Å². The second-order valence-corrected chi connectivity index (χ2v) is 9.53. The van der Waals surface area contributed by atoms with Gasteiger partial charge in [0.25, 0.3) is 5.92 Å². The van der Waals surface area contributed by atoms with E-state index in [4.69, 9.17) is 5.11 Å². The maximum absolute atomic E-state index is 13.1. The number of piperidine rings is 1. The van der Waals surface area contributed by atoms with Crippen LogP contribution in [0.1, 0.15) is 52.7 Å². The summed E-state index contributed by atoms with van der Waals surface area (Å²) in [5.41, 5.74) is 5.73. The van der Waals surface area contributed by atoms with Crippen molar-refractivity contribution < 1.29 is 18.7 Å². The topological polar surface area (TPSA) is 56.3 Å². The lowest BCUT2D eigenvalue weighted by molar-refractivity contribution is -0.128. The minimum Gasteiger partial charge on any atom is -0.478 e. The highest BCUT2D eigenvalue weighted by Crippen LogP contribution is 2.42. The zero-order chi connectivity index (χ0) is 23.6. The van der Waals surface area contributed by atoms with Crippen LogP contribution in [0.2, 0.25) is 0 Å². The molecule has 1 aliphatic carbocycles. The van der Waals surface area contributed by atoms with Gasteiger partial charge in [0.05, 0.1) is 5.56 Å². The van der Waals surface area contributed by atoms with Crippen molar-refractivity contribution in [1.82, 2.24) is 9.88 Å². The second kappa shape index (κ2) is 9.64. The van der Waals surface area contributed by atoms with Crippen LogP contribution in [0.3, 0.4) is 0 Å². The molecule has 3 aromatic rings. The number of hydrogen-bond donors (Lipinski definition) is 2. The summed E-state index contributed by atoms with van der Waals surface area (Å²) in [4.78, 5) is 15.9. The van der Waals surface area contributed by atoms with Crippen LogP contribution in [0.4, 0.5) is 8.78 Å². The van der Waals surface area contributed by atoms with Gasteiger partial charge in [-0.1, -0.05) is 24.3 Å². The number of carbonyl (C=O) groups is 1. The van der Waals surface area contributed by atoms with Crippen LogP contribution in [0, 0.1) is 19.8 Å². The number of fused-ring (bicyclic) bond motifs is 1. The van der Waals surface area contributed by atoms with E-state index in [0.717, 1.165) is 32.4 Å². The zero-order valence-corrected chi connectivity index (χ0v) is 19.3. The highest BCUT2D eigenvalue weighted by atomic mass is 19.3. The molecule has 1 aliphatic heterocycles. The summed E-state index contributed by atoms with van der Waals surface area (Å²) in [6.07, 6.45) is 5.52. The van der Waals surface area contributed by atoms with Gasteiger partial charge in [-0.25, -0.2) is 13.6 Å². The normalized spacial score (nSPS) is 19.0. The van der Waals surface area contributed by atoms with Crippen molar-refractivity contribution in [3.8, 4) is 0 Å². The fraction of sp³-hybridized carbons (Fsp3) is 0.444. The number of aryl methyl sites for hydroxylation is 2. The van der Waals surface area contributed by atoms with Gasteiger partial charge in [0, 0.05) is 36.0 Å². The lowest BCUT2D eigenvalue weighted by Crippen LogP contribution is -2.53. The van der Waals surface area contributed by atoms with E-state index in [-0.39, 0.29) is 18.9 Å². The van der Waals surface area contributed by atoms with E-state index in [1.54, 1.807) is 30.3 Å². The van der Waals surface area contributed by atoms with Gasteiger partial charge in [0.15, 0.2) is 0 Å². The Morgan fingerprint density at radius 2 is 1.76 bits per heavy atom. The molecule has 1 saturated carbocycles. The summed E-state index contributed by atoms with van der Waals surface area (Å²) in [5, 5.41) is 9.74. The number of alkyl halides is 2. The molecule has 33 heavy (non-hydrogen) atoms. The number of aromatic carboxylic acids is 1. The molecule has 0 spiro atoms. The van der Waals surface area contributed by atoms with E-state index in [1.165, 1.54) is 27.6 Å². The molecule has 2 N–H and O–H groups in total. The molecular weight excluding hydrogens is 422 g/mol. The fourth-order valence-corrected chi connectivity index (χ4v) is 5.19. The van der Waals surface area contributed by atoms with Crippen molar-refractivity contribution in [2.45, 2.75) is 57.9 Å². The number of aromatic nitrogens is 1. The van der Waals surface area contributed by atoms with Crippen molar-refractivity contribution in [3.05, 3.63) is 70.9 Å². The molecule has 0 radical (unpaired) electrons. The van der Waals surface area contributed by atoms with E-state index in [0.29, 0.717) is 11.5 Å². The van der Waals surface area contributed by atoms with Crippen LogP contribution < -0.4 is 0 Å². The third-order valence-corrected chi connectivity index (χ3v) is 7.12. The van der Waals surface area contributed by atoms with E-state index in [9.17, 15) is 13.6 Å². The van der Waals surface area contributed by atoms with Crippen LogP contribution >= 0.6 is 0 Å². The van der Waals surface area contributed by atoms with Gasteiger partial charge in [-0.2, -0.15) is 0 Å². The molecular formula is C27H32F2N2O2. The Morgan fingerprint density at radius 3 is 2.33 bits per heavy atom. The number of hydrogen-bond acceptors (Lipinski definition) is 2. The summed E-state index contributed by atoms with van der Waals surface area (Å²) >= 11 is 0. The molecule has 0 amide bonds. The number of aromatic amines is 1. The molecule has 6 heteroatoms. The molecule has 2 fully saturated rings. The monoisotopic (exact) mass is 454 g/mol. The van der Waals surface area contributed by atoms with Crippen molar-refractivity contribution in [3.63, 3.8) is 0 Å². The Balaban J connectivity index is 0.000000243. The molecule has 176 valence electrons. The van der Waals surface area contributed by atoms with Crippen molar-refractivity contribution in [1.29, 1.82) is 0 Å². The number of nitrogens with zero attached hydrogens (tertiary/aromatic N) is 1. The predicted octanol–water partition coefficient (Wildman–Crippen LogP) is 6.22. The number of halogens is 2. The number of nitrogens with one attached hydrogen (secondary N) is 1. The van der Waals surface area contributed by atoms with Crippen LogP contribution in [-0.4, -0.2) is 46.0 Å². The number of H-pyrrole nitrogens is 1. The maximum atomic E-state index is 13.1. The number of benzene rings is 2. The van der Waals surface area contributed by atoms with Crippen LogP contribution in [0.5, 0.6) is 0 Å². The third kappa shape index (κ3) is 5.44. The molecule has 2 aromatic carbocycles. The number of rotatable bonds is 4. The molecule has 0 unspecified atom stereocenters. The smallest absolute Gasteiger partial charge is 0.335 e. The lowest BCUT2D eigenvalue weighted by atomic mass is 9.82. The molecule has 2 aliphatic rings. The van der Waals surface area contributed by atoms with Gasteiger partial charge in [0.2, 0.25) is 0 Å². The highest BCUT2D eigenvalue weighted by molar-refractivity contribution is 5.87. The average Bonchev–Trinajstić information content (AvgIpc) is 3.27. The quantitative estimate of drug-likeness (QED) is 0.492. The average molecular weight is 455 g/mol. The predicted molar refractivity (Wildman–Crippen MR) is 127 cm³/mol. The first-order valence-corrected chi connectivity index (χ1v) is 11.7. The molecule has 2 heterocycles. The Labute approximate surface area is 193 Å². The van der Waals surface area contributed by atoms with E-state index < -0.39 is 11.9 Å². The number of carboxylic acids is 1. The summed E-state index contributed by atoms with van der Waals surface area (Å²) in [7, 11) is 0. The Hall–Kier alpha value is -2.73. The Kier molecular flexibility index (Phi) is 6.84. The minimum absolute atomic E-state index is 0.0682. The van der Waals surface area contributed by atoms with Gasteiger partial charge in [0.1, 0.15) is 0 Å². The van der Waals surface area contributed by atoms with Gasteiger partial charge in [-0.15, -0.1) is 0 Å². The third-order valence-electron chi connectivity index (χ3n) is 7.12. The molecule has 0 bridgehead atoms. The maximum Gasteiger partial charge on any atom is 0.335 e. The second-order valence-electron chi connectivity index (χ2n) is 9.53. The molecule has 1 aromatic heterocycles. The first-order chi connectivity index (χ1) is 15.7. The molecule has 5 rings (SSSR count). The van der Waals surface area contributed by atoms with Crippen LogP contribution in [0.25, 0.3) is 10.9 Å². The number of likely N-dealkylation sites (tertiary alicyclic amines) is 1. The Bertz CT molecular complexity index is 1090. The number of carboxylic acid groups (broad SMARTS) is 1. The Morgan fingerprint density at radius 1 is 1.09 bits per heavy atom.